The SMILES string of the molecule is O=C(Nc1ccc(F)cn1)C1(c2ccc(Br)cc2)CCC1. The fraction of sp³-hybridized carbons (Fsp3) is 0.250. The second-order valence-corrected chi connectivity index (χ2v) is 6.17. The van der Waals surface area contributed by atoms with Gasteiger partial charge in [-0.3, -0.25) is 4.79 Å². The normalized spacial score (nSPS) is 16.1. The van der Waals surface area contributed by atoms with Crippen molar-refractivity contribution in [2.45, 2.75) is 24.7 Å². The Hall–Kier alpha value is -1.75. The smallest absolute Gasteiger partial charge is 0.236 e. The van der Waals surface area contributed by atoms with Crippen molar-refractivity contribution in [3.63, 3.8) is 0 Å². The summed E-state index contributed by atoms with van der Waals surface area (Å²) in [5.74, 6) is -0.112. The predicted molar refractivity (Wildman–Crippen MR) is 82.5 cm³/mol. The molecule has 1 heterocycles. The Bertz CT molecular complexity index is 651. The Labute approximate surface area is 130 Å². The maximum absolute atomic E-state index is 12.9. The lowest BCUT2D eigenvalue weighted by molar-refractivity contribution is -0.124. The van der Waals surface area contributed by atoms with Gasteiger partial charge >= 0.3 is 0 Å². The fourth-order valence-electron chi connectivity index (χ4n) is 2.63. The van der Waals surface area contributed by atoms with Crippen molar-refractivity contribution in [3.05, 3.63) is 58.4 Å². The maximum Gasteiger partial charge on any atom is 0.236 e. The van der Waals surface area contributed by atoms with Gasteiger partial charge in [0.05, 0.1) is 11.6 Å². The van der Waals surface area contributed by atoms with Crippen LogP contribution in [0, 0.1) is 5.82 Å². The molecule has 1 saturated carbocycles. The molecule has 108 valence electrons. The molecule has 1 aliphatic rings. The number of benzene rings is 1. The molecule has 0 spiro atoms. The summed E-state index contributed by atoms with van der Waals surface area (Å²) < 4.78 is 13.8. The molecule has 2 aromatic rings. The van der Waals surface area contributed by atoms with E-state index >= 15 is 0 Å². The minimum atomic E-state index is -0.489. The van der Waals surface area contributed by atoms with Crippen molar-refractivity contribution in [3.8, 4) is 0 Å². The van der Waals surface area contributed by atoms with Crippen LogP contribution in [-0.4, -0.2) is 10.9 Å². The van der Waals surface area contributed by atoms with E-state index in [4.69, 9.17) is 0 Å². The summed E-state index contributed by atoms with van der Waals surface area (Å²) in [5.41, 5.74) is 0.521. The van der Waals surface area contributed by atoms with Gasteiger partial charge < -0.3 is 5.32 Å². The van der Waals surface area contributed by atoms with Crippen LogP contribution in [-0.2, 0) is 10.2 Å². The molecule has 1 fully saturated rings. The zero-order chi connectivity index (χ0) is 14.9. The van der Waals surface area contributed by atoms with Gasteiger partial charge in [0.1, 0.15) is 11.6 Å². The van der Waals surface area contributed by atoms with Crippen molar-refractivity contribution < 1.29 is 9.18 Å². The van der Waals surface area contributed by atoms with E-state index in [-0.39, 0.29) is 5.91 Å². The van der Waals surface area contributed by atoms with Gasteiger partial charge in [-0.1, -0.05) is 34.5 Å². The lowest BCUT2D eigenvalue weighted by atomic mass is 9.64. The van der Waals surface area contributed by atoms with Crippen molar-refractivity contribution in [2.24, 2.45) is 0 Å². The van der Waals surface area contributed by atoms with Crippen LogP contribution < -0.4 is 5.32 Å². The monoisotopic (exact) mass is 348 g/mol. The Balaban J connectivity index is 1.83. The van der Waals surface area contributed by atoms with Crippen molar-refractivity contribution in [2.75, 3.05) is 5.32 Å². The first-order valence-corrected chi connectivity index (χ1v) is 7.58. The Morgan fingerprint density at radius 1 is 1.19 bits per heavy atom. The molecular formula is C16H14BrFN2O. The minimum Gasteiger partial charge on any atom is -0.310 e. The van der Waals surface area contributed by atoms with Gasteiger partial charge in [-0.25, -0.2) is 9.37 Å². The third-order valence-electron chi connectivity index (χ3n) is 4.01. The predicted octanol–water partition coefficient (Wildman–Crippen LogP) is 4.04. The van der Waals surface area contributed by atoms with Gasteiger partial charge in [0.2, 0.25) is 5.91 Å². The third kappa shape index (κ3) is 2.70. The Morgan fingerprint density at radius 3 is 2.43 bits per heavy atom. The first-order valence-electron chi connectivity index (χ1n) is 6.79. The molecule has 3 nitrogen and oxygen atoms in total. The van der Waals surface area contributed by atoms with E-state index in [2.05, 4.69) is 26.2 Å². The van der Waals surface area contributed by atoms with E-state index in [0.29, 0.717) is 5.82 Å². The molecule has 0 atom stereocenters. The molecule has 3 rings (SSSR count). The van der Waals surface area contributed by atoms with Crippen LogP contribution in [0.15, 0.2) is 47.1 Å². The first kappa shape index (κ1) is 14.2. The summed E-state index contributed by atoms with van der Waals surface area (Å²) in [6.45, 7) is 0. The van der Waals surface area contributed by atoms with E-state index in [1.807, 2.05) is 24.3 Å². The first-order chi connectivity index (χ1) is 10.1. The summed E-state index contributed by atoms with van der Waals surface area (Å²) in [4.78, 5) is 16.5. The number of rotatable bonds is 3. The van der Waals surface area contributed by atoms with E-state index in [9.17, 15) is 9.18 Å². The average molecular weight is 349 g/mol. The van der Waals surface area contributed by atoms with Crippen LogP contribution in [0.25, 0.3) is 0 Å². The van der Waals surface area contributed by atoms with E-state index in [0.717, 1.165) is 35.5 Å². The maximum atomic E-state index is 12.9. The quantitative estimate of drug-likeness (QED) is 0.909. The number of hydrogen-bond acceptors (Lipinski definition) is 2. The van der Waals surface area contributed by atoms with Crippen LogP contribution in [0.1, 0.15) is 24.8 Å². The number of nitrogens with zero attached hydrogens (tertiary/aromatic N) is 1. The number of halogens is 2. The molecule has 0 saturated heterocycles. The number of aromatic nitrogens is 1. The standard InChI is InChI=1S/C16H14BrFN2O/c17-12-4-2-11(3-5-12)16(8-1-9-16)15(21)20-14-7-6-13(18)10-19-14/h2-7,10H,1,8-9H2,(H,19,20,21). The molecule has 21 heavy (non-hydrogen) atoms. The van der Waals surface area contributed by atoms with Gasteiger partial charge in [-0.15, -0.1) is 0 Å². The molecule has 5 heteroatoms. The highest BCUT2D eigenvalue weighted by Crippen LogP contribution is 2.44. The highest BCUT2D eigenvalue weighted by Gasteiger charge is 2.45. The van der Waals surface area contributed by atoms with Gasteiger partial charge in [0.25, 0.3) is 0 Å². The zero-order valence-corrected chi connectivity index (χ0v) is 12.9. The molecule has 1 N–H and O–H groups in total. The molecule has 0 aliphatic heterocycles. The number of anilines is 1. The van der Waals surface area contributed by atoms with E-state index in [1.54, 1.807) is 0 Å². The highest BCUT2D eigenvalue weighted by atomic mass is 79.9. The summed E-state index contributed by atoms with van der Waals surface area (Å²) in [6, 6.07) is 10.6. The van der Waals surface area contributed by atoms with E-state index in [1.165, 1.54) is 12.1 Å². The molecule has 0 bridgehead atoms. The summed E-state index contributed by atoms with van der Waals surface area (Å²) in [5, 5.41) is 2.80. The molecular weight excluding hydrogens is 335 g/mol. The molecule has 0 unspecified atom stereocenters. The molecule has 1 amide bonds. The van der Waals surface area contributed by atoms with Crippen molar-refractivity contribution >= 4 is 27.7 Å². The van der Waals surface area contributed by atoms with Crippen LogP contribution in [0.4, 0.5) is 10.2 Å². The van der Waals surface area contributed by atoms with Gasteiger partial charge in [0, 0.05) is 4.47 Å². The molecule has 1 aromatic heterocycles. The van der Waals surface area contributed by atoms with Crippen LogP contribution in [0.2, 0.25) is 0 Å². The lowest BCUT2D eigenvalue weighted by Gasteiger charge is -2.40. The third-order valence-corrected chi connectivity index (χ3v) is 4.54. The van der Waals surface area contributed by atoms with Gasteiger partial charge in [-0.2, -0.15) is 0 Å². The summed E-state index contributed by atoms with van der Waals surface area (Å²) in [6.07, 6.45) is 3.77. The number of carbonyl (C=O) groups excluding carboxylic acids is 1. The topological polar surface area (TPSA) is 42.0 Å². The van der Waals surface area contributed by atoms with Crippen LogP contribution in [0.5, 0.6) is 0 Å². The second kappa shape index (κ2) is 5.56. The van der Waals surface area contributed by atoms with Gasteiger partial charge in [-0.05, 0) is 42.7 Å². The van der Waals surface area contributed by atoms with Crippen molar-refractivity contribution in [1.82, 2.24) is 4.98 Å². The molecule has 0 radical (unpaired) electrons. The Kier molecular flexibility index (Phi) is 3.76. The van der Waals surface area contributed by atoms with Crippen molar-refractivity contribution in [1.29, 1.82) is 0 Å². The number of amides is 1. The summed E-state index contributed by atoms with van der Waals surface area (Å²) in [7, 11) is 0. The number of hydrogen-bond donors (Lipinski definition) is 1. The average Bonchev–Trinajstić information content (AvgIpc) is 2.42. The molecule has 1 aliphatic carbocycles. The number of nitrogens with one attached hydrogen (secondary N) is 1. The lowest BCUT2D eigenvalue weighted by Crippen LogP contribution is -2.46. The second-order valence-electron chi connectivity index (χ2n) is 5.26. The summed E-state index contributed by atoms with van der Waals surface area (Å²) >= 11 is 3.40. The van der Waals surface area contributed by atoms with Crippen LogP contribution in [0.3, 0.4) is 0 Å². The van der Waals surface area contributed by atoms with Gasteiger partial charge in [0.15, 0.2) is 0 Å². The number of carbonyl (C=O) groups is 1. The van der Waals surface area contributed by atoms with E-state index < -0.39 is 11.2 Å². The minimum absolute atomic E-state index is 0.0739. The van der Waals surface area contributed by atoms with Crippen LogP contribution >= 0.6 is 15.9 Å². The highest BCUT2D eigenvalue weighted by molar-refractivity contribution is 9.10. The fourth-order valence-corrected chi connectivity index (χ4v) is 2.90. The largest absolute Gasteiger partial charge is 0.310 e. The molecule has 1 aromatic carbocycles. The number of pyridine rings is 1. The Morgan fingerprint density at radius 2 is 1.90 bits per heavy atom. The zero-order valence-electron chi connectivity index (χ0n) is 11.3.